The highest BCUT2D eigenvalue weighted by molar-refractivity contribution is 7.99. The Morgan fingerprint density at radius 2 is 2.11 bits per heavy atom. The highest BCUT2D eigenvalue weighted by Gasteiger charge is 2.32. The summed E-state index contributed by atoms with van der Waals surface area (Å²) in [6.07, 6.45) is 3.98. The normalized spacial score (nSPS) is 27.8. The Balaban J connectivity index is 1.91. The molecule has 2 aliphatic heterocycles. The number of carbonyl (C=O) groups is 1. The first kappa shape index (κ1) is 12.0. The van der Waals surface area contributed by atoms with Crippen molar-refractivity contribution in [3.05, 3.63) is 11.6 Å². The van der Waals surface area contributed by atoms with Crippen molar-refractivity contribution in [3.63, 3.8) is 0 Å². The minimum Gasteiger partial charge on any atom is -0.481 e. The van der Waals surface area contributed by atoms with Crippen LogP contribution in [0.2, 0.25) is 0 Å². The summed E-state index contributed by atoms with van der Waals surface area (Å²) in [5.74, 6) is 3.23. The number of hydrogen-bond acceptors (Lipinski definition) is 4. The number of carboxylic acid groups (broad SMARTS) is 1. The number of rotatable bonds is 2. The van der Waals surface area contributed by atoms with Gasteiger partial charge in [0, 0.05) is 18.2 Å². The van der Waals surface area contributed by atoms with Gasteiger partial charge in [-0.3, -0.25) is 4.79 Å². The summed E-state index contributed by atoms with van der Waals surface area (Å²) < 4.78 is 2.07. The van der Waals surface area contributed by atoms with Gasteiger partial charge >= 0.3 is 5.97 Å². The van der Waals surface area contributed by atoms with E-state index in [0.29, 0.717) is 18.2 Å². The Bertz CT molecular complexity index is 454. The van der Waals surface area contributed by atoms with Gasteiger partial charge < -0.3 is 9.67 Å². The first-order valence-corrected chi connectivity index (χ1v) is 7.66. The van der Waals surface area contributed by atoms with E-state index in [0.717, 1.165) is 31.0 Å². The summed E-state index contributed by atoms with van der Waals surface area (Å²) in [7, 11) is 0. The van der Waals surface area contributed by atoms with Crippen molar-refractivity contribution >= 4 is 17.7 Å². The Morgan fingerprint density at radius 3 is 2.83 bits per heavy atom. The lowest BCUT2D eigenvalue weighted by molar-refractivity contribution is -0.139. The molecule has 0 saturated carbocycles. The van der Waals surface area contributed by atoms with Crippen molar-refractivity contribution in [2.75, 3.05) is 11.5 Å². The number of aromatic nitrogens is 3. The zero-order chi connectivity index (χ0) is 12.5. The Morgan fingerprint density at radius 1 is 1.28 bits per heavy atom. The molecule has 0 aliphatic carbocycles. The number of carboxylic acids is 1. The summed E-state index contributed by atoms with van der Waals surface area (Å²) in [5, 5.41) is 17.7. The second-order valence-corrected chi connectivity index (χ2v) is 6.16. The third kappa shape index (κ3) is 2.02. The van der Waals surface area contributed by atoms with Crippen LogP contribution in [0.5, 0.6) is 0 Å². The van der Waals surface area contributed by atoms with Crippen molar-refractivity contribution in [2.24, 2.45) is 0 Å². The summed E-state index contributed by atoms with van der Waals surface area (Å²) in [6, 6.07) is 0. The molecule has 1 aromatic rings. The van der Waals surface area contributed by atoms with Gasteiger partial charge in [-0.2, -0.15) is 11.8 Å². The zero-order valence-corrected chi connectivity index (χ0v) is 11.0. The molecular weight excluding hydrogens is 250 g/mol. The maximum atomic E-state index is 11.2. The molecule has 2 unspecified atom stereocenters. The highest BCUT2D eigenvalue weighted by atomic mass is 32.2. The van der Waals surface area contributed by atoms with Gasteiger partial charge in [0.1, 0.15) is 17.6 Å². The number of aliphatic carboxylic acids is 1. The van der Waals surface area contributed by atoms with E-state index in [1.165, 1.54) is 12.2 Å². The van der Waals surface area contributed by atoms with Crippen LogP contribution in [-0.4, -0.2) is 37.3 Å². The van der Waals surface area contributed by atoms with E-state index >= 15 is 0 Å². The molecule has 1 N–H and O–H groups in total. The lowest BCUT2D eigenvalue weighted by Crippen LogP contribution is -2.24. The Hall–Kier alpha value is -1.04. The van der Waals surface area contributed by atoms with Gasteiger partial charge in [-0.1, -0.05) is 0 Å². The minimum absolute atomic E-state index is 0.456. The maximum Gasteiger partial charge on any atom is 0.314 e. The number of thioether (sulfide) groups is 1. The molecule has 6 heteroatoms. The van der Waals surface area contributed by atoms with Gasteiger partial charge in [-0.25, -0.2) is 0 Å². The molecule has 3 heterocycles. The zero-order valence-electron chi connectivity index (χ0n) is 10.2. The maximum absolute atomic E-state index is 11.2. The van der Waals surface area contributed by atoms with Gasteiger partial charge in [-0.05, 0) is 31.4 Å². The quantitative estimate of drug-likeness (QED) is 0.885. The molecule has 98 valence electrons. The van der Waals surface area contributed by atoms with Crippen LogP contribution in [0.15, 0.2) is 0 Å². The van der Waals surface area contributed by atoms with Crippen LogP contribution in [0, 0.1) is 0 Å². The molecule has 1 aromatic heterocycles. The molecule has 2 atom stereocenters. The molecule has 18 heavy (non-hydrogen) atoms. The van der Waals surface area contributed by atoms with Gasteiger partial charge in [0.15, 0.2) is 0 Å². The lowest BCUT2D eigenvalue weighted by atomic mass is 9.98. The fraction of sp³-hybridized carbons (Fsp3) is 0.750. The van der Waals surface area contributed by atoms with Gasteiger partial charge in [0.25, 0.3) is 0 Å². The predicted molar refractivity (Wildman–Crippen MR) is 68.9 cm³/mol. The van der Waals surface area contributed by atoms with E-state index < -0.39 is 11.9 Å². The first-order valence-electron chi connectivity index (χ1n) is 6.51. The van der Waals surface area contributed by atoms with Gasteiger partial charge in [0.2, 0.25) is 0 Å². The van der Waals surface area contributed by atoms with Gasteiger partial charge in [-0.15, -0.1) is 10.2 Å². The van der Waals surface area contributed by atoms with E-state index in [9.17, 15) is 9.90 Å². The Kier molecular flexibility index (Phi) is 3.28. The van der Waals surface area contributed by atoms with Gasteiger partial charge in [0.05, 0.1) is 0 Å². The van der Waals surface area contributed by atoms with Crippen molar-refractivity contribution in [3.8, 4) is 0 Å². The molecule has 0 amide bonds. The third-order valence-corrected chi connectivity index (χ3v) is 5.03. The van der Waals surface area contributed by atoms with Crippen LogP contribution in [0.4, 0.5) is 0 Å². The Labute approximate surface area is 110 Å². The standard InChI is InChI=1S/C12H17N3O2S/c16-12(17)9-4-1-5-15-10(13-14-11(9)15)8-3-2-6-18-7-8/h8-9H,1-7H2,(H,16,17). The third-order valence-electron chi connectivity index (χ3n) is 3.82. The minimum atomic E-state index is -0.770. The predicted octanol–water partition coefficient (Wildman–Crippen LogP) is 1.85. The van der Waals surface area contributed by atoms with E-state index in [1.54, 1.807) is 0 Å². The van der Waals surface area contributed by atoms with Crippen LogP contribution in [0.1, 0.15) is 49.2 Å². The van der Waals surface area contributed by atoms with E-state index in [-0.39, 0.29) is 0 Å². The fourth-order valence-electron chi connectivity index (χ4n) is 2.88. The molecule has 2 aliphatic rings. The summed E-state index contributed by atoms with van der Waals surface area (Å²) in [5.41, 5.74) is 0. The van der Waals surface area contributed by atoms with Crippen LogP contribution >= 0.6 is 11.8 Å². The summed E-state index contributed by atoms with van der Waals surface area (Å²) >= 11 is 1.96. The second-order valence-electron chi connectivity index (χ2n) is 5.02. The van der Waals surface area contributed by atoms with Crippen LogP contribution in [-0.2, 0) is 11.3 Å². The molecular formula is C12H17N3O2S. The van der Waals surface area contributed by atoms with Crippen LogP contribution in [0.25, 0.3) is 0 Å². The van der Waals surface area contributed by atoms with Crippen LogP contribution in [0.3, 0.4) is 0 Å². The molecule has 1 saturated heterocycles. The fourth-order valence-corrected chi connectivity index (χ4v) is 4.02. The van der Waals surface area contributed by atoms with E-state index in [2.05, 4.69) is 14.8 Å². The molecule has 0 bridgehead atoms. The summed E-state index contributed by atoms with van der Waals surface area (Å²) in [6.45, 7) is 0.878. The summed E-state index contributed by atoms with van der Waals surface area (Å²) in [4.78, 5) is 11.2. The molecule has 1 fully saturated rings. The SMILES string of the molecule is O=C(O)C1CCCn2c(C3CCCSC3)nnc21. The van der Waals surface area contributed by atoms with E-state index in [1.807, 2.05) is 11.8 Å². The largest absolute Gasteiger partial charge is 0.481 e. The molecule has 0 aromatic carbocycles. The van der Waals surface area contributed by atoms with Crippen molar-refractivity contribution in [1.29, 1.82) is 0 Å². The van der Waals surface area contributed by atoms with Crippen LogP contribution < -0.4 is 0 Å². The van der Waals surface area contributed by atoms with Crippen molar-refractivity contribution < 1.29 is 9.90 Å². The average Bonchev–Trinajstić information content (AvgIpc) is 2.83. The van der Waals surface area contributed by atoms with E-state index in [4.69, 9.17) is 0 Å². The molecule has 0 radical (unpaired) electrons. The number of nitrogens with zero attached hydrogens (tertiary/aromatic N) is 3. The second kappa shape index (κ2) is 4.91. The van der Waals surface area contributed by atoms with Crippen molar-refractivity contribution in [1.82, 2.24) is 14.8 Å². The first-order chi connectivity index (χ1) is 8.77. The number of fused-ring (bicyclic) bond motifs is 1. The van der Waals surface area contributed by atoms with Crippen molar-refractivity contribution in [2.45, 2.75) is 44.1 Å². The molecule has 3 rings (SSSR count). The topological polar surface area (TPSA) is 68.0 Å². The highest BCUT2D eigenvalue weighted by Crippen LogP contribution is 2.34. The monoisotopic (exact) mass is 267 g/mol. The molecule has 5 nitrogen and oxygen atoms in total. The molecule has 0 spiro atoms. The lowest BCUT2D eigenvalue weighted by Gasteiger charge is -2.25. The number of hydrogen-bond donors (Lipinski definition) is 1. The smallest absolute Gasteiger partial charge is 0.314 e. The average molecular weight is 267 g/mol.